The average Bonchev–Trinajstić information content (AvgIpc) is 3.15. The summed E-state index contributed by atoms with van der Waals surface area (Å²) in [7, 11) is 3.08. The number of benzene rings is 2. The zero-order valence-corrected chi connectivity index (χ0v) is 14.9. The van der Waals surface area contributed by atoms with Crippen molar-refractivity contribution in [3.05, 3.63) is 70.5 Å². The van der Waals surface area contributed by atoms with Crippen molar-refractivity contribution < 1.29 is 19.5 Å². The van der Waals surface area contributed by atoms with Crippen molar-refractivity contribution in [1.82, 2.24) is 9.55 Å². The van der Waals surface area contributed by atoms with Gasteiger partial charge in [-0.1, -0.05) is 12.1 Å². The highest BCUT2D eigenvalue weighted by Gasteiger charge is 2.18. The fraction of sp³-hybridized carbons (Fsp3) is 0.211. The fourth-order valence-corrected chi connectivity index (χ4v) is 2.86. The van der Waals surface area contributed by atoms with Crippen LogP contribution in [-0.2, 0) is 6.54 Å². The maximum Gasteiger partial charge on any atom is 0.270 e. The SMILES string of the molecule is COc1ccc(OC)c([C@@H](O)Cn2ccnc2-c2cccc([N+](=O)[O-])c2)c1. The Morgan fingerprint density at radius 2 is 2.04 bits per heavy atom. The first-order chi connectivity index (χ1) is 13.0. The Labute approximate surface area is 155 Å². The van der Waals surface area contributed by atoms with E-state index < -0.39 is 11.0 Å². The maximum absolute atomic E-state index is 11.0. The molecule has 2 aromatic carbocycles. The zero-order chi connectivity index (χ0) is 19.4. The number of hydrogen-bond acceptors (Lipinski definition) is 6. The van der Waals surface area contributed by atoms with Crippen molar-refractivity contribution in [3.8, 4) is 22.9 Å². The number of nitrogens with zero attached hydrogens (tertiary/aromatic N) is 3. The summed E-state index contributed by atoms with van der Waals surface area (Å²) in [6.45, 7) is 0.196. The first-order valence-electron chi connectivity index (χ1n) is 8.19. The first kappa shape index (κ1) is 18.4. The number of nitro benzene ring substituents is 1. The van der Waals surface area contributed by atoms with Crippen molar-refractivity contribution in [2.75, 3.05) is 14.2 Å². The molecule has 0 spiro atoms. The Hall–Kier alpha value is -3.39. The molecule has 0 bridgehead atoms. The second-order valence-corrected chi connectivity index (χ2v) is 5.83. The lowest BCUT2D eigenvalue weighted by Gasteiger charge is -2.17. The molecule has 0 saturated carbocycles. The van der Waals surface area contributed by atoms with Crippen LogP contribution in [0.3, 0.4) is 0 Å². The van der Waals surface area contributed by atoms with E-state index in [0.717, 1.165) is 0 Å². The quantitative estimate of drug-likeness (QED) is 0.507. The Morgan fingerprint density at radius 3 is 2.74 bits per heavy atom. The summed E-state index contributed by atoms with van der Waals surface area (Å²) in [5.41, 5.74) is 1.16. The van der Waals surface area contributed by atoms with Crippen LogP contribution >= 0.6 is 0 Å². The Kier molecular flexibility index (Phi) is 5.37. The topological polar surface area (TPSA) is 99.7 Å². The van der Waals surface area contributed by atoms with Crippen molar-refractivity contribution >= 4 is 5.69 Å². The van der Waals surface area contributed by atoms with Gasteiger partial charge in [0.1, 0.15) is 23.4 Å². The molecule has 1 atom stereocenters. The van der Waals surface area contributed by atoms with Crippen LogP contribution in [0, 0.1) is 10.1 Å². The van der Waals surface area contributed by atoms with E-state index in [-0.39, 0.29) is 12.2 Å². The summed E-state index contributed by atoms with van der Waals surface area (Å²) in [4.78, 5) is 14.8. The van der Waals surface area contributed by atoms with Crippen LogP contribution in [0.1, 0.15) is 11.7 Å². The van der Waals surface area contributed by atoms with Gasteiger partial charge in [-0.25, -0.2) is 4.98 Å². The van der Waals surface area contributed by atoms with Gasteiger partial charge >= 0.3 is 0 Å². The molecule has 0 amide bonds. The standard InChI is InChI=1S/C19H19N3O5/c1-26-15-6-7-18(27-2)16(11-15)17(23)12-21-9-8-20-19(21)13-4-3-5-14(10-13)22(24)25/h3-11,17,23H,12H2,1-2H3/t17-/m0/s1. The van der Waals surface area contributed by atoms with Gasteiger partial charge < -0.3 is 19.1 Å². The number of aliphatic hydroxyl groups excluding tert-OH is 1. The van der Waals surface area contributed by atoms with Crippen molar-refractivity contribution in [2.24, 2.45) is 0 Å². The van der Waals surface area contributed by atoms with Gasteiger partial charge in [-0.2, -0.15) is 0 Å². The molecule has 0 radical (unpaired) electrons. The molecule has 140 valence electrons. The molecule has 0 unspecified atom stereocenters. The summed E-state index contributed by atoms with van der Waals surface area (Å²) in [6, 6.07) is 11.4. The Morgan fingerprint density at radius 1 is 1.22 bits per heavy atom. The molecule has 1 aromatic heterocycles. The molecule has 0 fully saturated rings. The van der Waals surface area contributed by atoms with Crippen LogP contribution in [0.5, 0.6) is 11.5 Å². The van der Waals surface area contributed by atoms with E-state index in [2.05, 4.69) is 4.98 Å². The lowest BCUT2D eigenvalue weighted by atomic mass is 10.1. The van der Waals surface area contributed by atoms with Crippen LogP contribution in [0.4, 0.5) is 5.69 Å². The predicted octanol–water partition coefficient (Wildman–Crippen LogP) is 3.21. The van der Waals surface area contributed by atoms with E-state index in [9.17, 15) is 15.2 Å². The van der Waals surface area contributed by atoms with E-state index in [1.807, 2.05) is 0 Å². The minimum Gasteiger partial charge on any atom is -0.497 e. The smallest absolute Gasteiger partial charge is 0.270 e. The number of methoxy groups -OCH3 is 2. The molecule has 0 aliphatic rings. The van der Waals surface area contributed by atoms with Crippen LogP contribution in [-0.4, -0.2) is 33.8 Å². The molecule has 27 heavy (non-hydrogen) atoms. The van der Waals surface area contributed by atoms with E-state index in [4.69, 9.17) is 9.47 Å². The largest absolute Gasteiger partial charge is 0.497 e. The highest BCUT2D eigenvalue weighted by molar-refractivity contribution is 5.59. The Balaban J connectivity index is 1.91. The molecule has 1 heterocycles. The summed E-state index contributed by atoms with van der Waals surface area (Å²) in [5, 5.41) is 21.8. The summed E-state index contributed by atoms with van der Waals surface area (Å²) in [6.07, 6.45) is 2.41. The van der Waals surface area contributed by atoms with Crippen molar-refractivity contribution in [1.29, 1.82) is 0 Å². The number of hydrogen-bond donors (Lipinski definition) is 1. The molecule has 0 aliphatic carbocycles. The predicted molar refractivity (Wildman–Crippen MR) is 98.8 cm³/mol. The average molecular weight is 369 g/mol. The number of imidazole rings is 1. The van der Waals surface area contributed by atoms with Gasteiger partial charge in [-0.15, -0.1) is 0 Å². The van der Waals surface area contributed by atoms with Gasteiger partial charge in [-0.05, 0) is 18.2 Å². The summed E-state index contributed by atoms with van der Waals surface area (Å²) < 4.78 is 12.3. The minimum absolute atomic E-state index is 0.0166. The van der Waals surface area contributed by atoms with E-state index in [1.54, 1.807) is 54.4 Å². The molecule has 8 nitrogen and oxygen atoms in total. The third-order valence-electron chi connectivity index (χ3n) is 4.20. The number of aromatic nitrogens is 2. The normalized spacial score (nSPS) is 11.8. The highest BCUT2D eigenvalue weighted by Crippen LogP contribution is 2.31. The molecule has 8 heteroatoms. The van der Waals surface area contributed by atoms with E-state index in [0.29, 0.717) is 28.5 Å². The molecule has 3 aromatic rings. The summed E-state index contributed by atoms with van der Waals surface area (Å²) >= 11 is 0. The third-order valence-corrected chi connectivity index (χ3v) is 4.20. The molecule has 3 rings (SSSR count). The van der Waals surface area contributed by atoms with Gasteiger partial charge in [0.25, 0.3) is 5.69 Å². The lowest BCUT2D eigenvalue weighted by molar-refractivity contribution is -0.384. The molecule has 1 N–H and O–H groups in total. The lowest BCUT2D eigenvalue weighted by Crippen LogP contribution is -2.10. The van der Waals surface area contributed by atoms with Gasteiger partial charge in [0.2, 0.25) is 0 Å². The van der Waals surface area contributed by atoms with Crippen molar-refractivity contribution in [2.45, 2.75) is 12.6 Å². The summed E-state index contributed by atoms with van der Waals surface area (Å²) in [5.74, 6) is 1.68. The molecule has 0 saturated heterocycles. The monoisotopic (exact) mass is 369 g/mol. The minimum atomic E-state index is -0.887. The number of ether oxygens (including phenoxy) is 2. The van der Waals surface area contributed by atoms with E-state index >= 15 is 0 Å². The molecule has 0 aliphatic heterocycles. The maximum atomic E-state index is 11.0. The van der Waals surface area contributed by atoms with Crippen LogP contribution < -0.4 is 9.47 Å². The van der Waals surface area contributed by atoms with E-state index in [1.165, 1.54) is 19.2 Å². The molecular formula is C19H19N3O5. The van der Waals surface area contributed by atoms with Crippen molar-refractivity contribution in [3.63, 3.8) is 0 Å². The number of rotatable bonds is 7. The fourth-order valence-electron chi connectivity index (χ4n) is 2.86. The second kappa shape index (κ2) is 7.88. The van der Waals surface area contributed by atoms with Gasteiger partial charge in [0.15, 0.2) is 0 Å². The van der Waals surface area contributed by atoms with Gasteiger partial charge in [-0.3, -0.25) is 10.1 Å². The number of aliphatic hydroxyl groups is 1. The molecular weight excluding hydrogens is 350 g/mol. The van der Waals surface area contributed by atoms with Gasteiger partial charge in [0, 0.05) is 35.7 Å². The third kappa shape index (κ3) is 3.90. The van der Waals surface area contributed by atoms with Crippen LogP contribution in [0.25, 0.3) is 11.4 Å². The highest BCUT2D eigenvalue weighted by atomic mass is 16.6. The number of nitro groups is 1. The zero-order valence-electron chi connectivity index (χ0n) is 14.9. The number of non-ortho nitro benzene ring substituents is 1. The van der Waals surface area contributed by atoms with Crippen LogP contribution in [0.15, 0.2) is 54.9 Å². The Bertz CT molecular complexity index is 954. The van der Waals surface area contributed by atoms with Crippen LogP contribution in [0.2, 0.25) is 0 Å². The second-order valence-electron chi connectivity index (χ2n) is 5.83. The first-order valence-corrected chi connectivity index (χ1v) is 8.19. The van der Waals surface area contributed by atoms with Gasteiger partial charge in [0.05, 0.1) is 25.7 Å².